The summed E-state index contributed by atoms with van der Waals surface area (Å²) in [7, 11) is -1.40. The van der Waals surface area contributed by atoms with Crippen LogP contribution in [0, 0.1) is 12.7 Å². The molecule has 0 amide bonds. The van der Waals surface area contributed by atoms with Gasteiger partial charge in [-0.05, 0) is 45.4 Å². The molecule has 3 nitrogen and oxygen atoms in total. The molecule has 2 aromatic rings. The Kier molecular flexibility index (Phi) is 4.44. The molecule has 0 unspecified atom stereocenters. The maximum Gasteiger partial charge on any atom is 0.144 e. The van der Waals surface area contributed by atoms with Gasteiger partial charge in [0.15, 0.2) is 0 Å². The van der Waals surface area contributed by atoms with Gasteiger partial charge >= 0.3 is 0 Å². The van der Waals surface area contributed by atoms with Crippen molar-refractivity contribution in [2.75, 3.05) is 0 Å². The van der Waals surface area contributed by atoms with E-state index < -0.39 is 15.7 Å². The molecule has 0 aliphatic rings. The average Bonchev–Trinajstić information content (AvgIpc) is 2.40. The number of aryl methyl sites for hydroxylation is 1. The van der Waals surface area contributed by atoms with Crippen molar-refractivity contribution in [1.82, 2.24) is 4.98 Å². The van der Waals surface area contributed by atoms with Crippen molar-refractivity contribution >= 4 is 39.7 Å². The summed E-state index contributed by atoms with van der Waals surface area (Å²) >= 11 is 6.10. The van der Waals surface area contributed by atoms with Crippen molar-refractivity contribution in [3.05, 3.63) is 40.3 Å². The predicted molar refractivity (Wildman–Crippen MR) is 86.9 cm³/mol. The van der Waals surface area contributed by atoms with E-state index in [2.05, 4.69) is 9.38 Å². The Morgan fingerprint density at radius 3 is 2.67 bits per heavy atom. The molecule has 0 saturated heterocycles. The Morgan fingerprint density at radius 2 is 2.05 bits per heavy atom. The van der Waals surface area contributed by atoms with Crippen molar-refractivity contribution in [1.29, 1.82) is 0 Å². The largest absolute Gasteiger partial charge is 0.235 e. The molecule has 0 saturated carbocycles. The number of aromatic nitrogens is 1. The molecule has 0 aliphatic heterocycles. The van der Waals surface area contributed by atoms with Crippen molar-refractivity contribution in [3.63, 3.8) is 0 Å². The second-order valence-corrected chi connectivity index (χ2v) is 8.02. The summed E-state index contributed by atoms with van der Waals surface area (Å²) in [5.74, 6) is -0.369. The maximum absolute atomic E-state index is 13.9. The minimum atomic E-state index is -1.40. The van der Waals surface area contributed by atoms with Crippen molar-refractivity contribution in [2.24, 2.45) is 4.40 Å². The highest BCUT2D eigenvalue weighted by Gasteiger charge is 2.18. The summed E-state index contributed by atoms with van der Waals surface area (Å²) in [5.41, 5.74) is 1.82. The first-order chi connectivity index (χ1) is 9.70. The van der Waals surface area contributed by atoms with E-state index in [0.717, 1.165) is 5.56 Å². The molecule has 2 rings (SSSR count). The molecule has 0 N–H and O–H groups in total. The van der Waals surface area contributed by atoms with Crippen LogP contribution < -0.4 is 0 Å². The number of hydrogen-bond donors (Lipinski definition) is 0. The summed E-state index contributed by atoms with van der Waals surface area (Å²) < 4.78 is 29.3. The maximum atomic E-state index is 13.9. The molecule has 0 aliphatic carbocycles. The molecule has 21 heavy (non-hydrogen) atoms. The zero-order valence-electron chi connectivity index (χ0n) is 12.3. The molecule has 1 aromatic carbocycles. The van der Waals surface area contributed by atoms with Gasteiger partial charge in [0, 0.05) is 17.2 Å². The Hall–Kier alpha value is -1.33. The van der Waals surface area contributed by atoms with Crippen LogP contribution in [0.5, 0.6) is 0 Å². The van der Waals surface area contributed by atoms with Gasteiger partial charge in [0.1, 0.15) is 22.0 Å². The molecule has 0 fully saturated rings. The molecular formula is C15H16ClFN2OS. The third-order valence-corrected chi connectivity index (χ3v) is 4.57. The number of halogens is 2. The molecule has 0 radical (unpaired) electrons. The van der Waals surface area contributed by atoms with Gasteiger partial charge in [-0.15, -0.1) is 0 Å². The van der Waals surface area contributed by atoms with E-state index in [-0.39, 0.29) is 11.0 Å². The monoisotopic (exact) mass is 326 g/mol. The van der Waals surface area contributed by atoms with Gasteiger partial charge in [0.25, 0.3) is 0 Å². The quantitative estimate of drug-likeness (QED) is 0.612. The van der Waals surface area contributed by atoms with Gasteiger partial charge in [-0.1, -0.05) is 17.7 Å². The summed E-state index contributed by atoms with van der Waals surface area (Å²) in [4.78, 5) is 4.21. The van der Waals surface area contributed by atoms with E-state index in [4.69, 9.17) is 11.6 Å². The van der Waals surface area contributed by atoms with E-state index >= 15 is 0 Å². The van der Waals surface area contributed by atoms with E-state index in [9.17, 15) is 8.60 Å². The molecule has 1 atom stereocenters. The SMILES string of the molecule is Cc1ccc(F)c2cc(C=N[S@](=O)C(C)(C)C)c(Cl)nc12. The zero-order valence-corrected chi connectivity index (χ0v) is 13.8. The lowest BCUT2D eigenvalue weighted by atomic mass is 10.1. The lowest BCUT2D eigenvalue weighted by Gasteiger charge is -2.12. The number of rotatable bonds is 2. The van der Waals surface area contributed by atoms with Gasteiger partial charge in [0.2, 0.25) is 0 Å². The Morgan fingerprint density at radius 1 is 1.38 bits per heavy atom. The van der Waals surface area contributed by atoms with Crippen molar-refractivity contribution in [3.8, 4) is 0 Å². The number of nitrogens with zero attached hydrogens (tertiary/aromatic N) is 2. The number of fused-ring (bicyclic) bond motifs is 1. The molecule has 1 aromatic heterocycles. The van der Waals surface area contributed by atoms with E-state index in [1.807, 2.05) is 27.7 Å². The van der Waals surface area contributed by atoms with Gasteiger partial charge in [-0.25, -0.2) is 13.6 Å². The van der Waals surface area contributed by atoms with E-state index in [0.29, 0.717) is 16.5 Å². The molecule has 0 bridgehead atoms. The van der Waals surface area contributed by atoms with Crippen molar-refractivity contribution in [2.45, 2.75) is 32.4 Å². The normalized spacial score (nSPS) is 14.0. The van der Waals surface area contributed by atoms with Crippen LogP contribution in [0.4, 0.5) is 4.39 Å². The molecule has 1 heterocycles. The lowest BCUT2D eigenvalue weighted by molar-refractivity contribution is 0.639. The number of pyridine rings is 1. The fraction of sp³-hybridized carbons (Fsp3) is 0.333. The minimum absolute atomic E-state index is 0.214. The fourth-order valence-corrected chi connectivity index (χ4v) is 2.42. The Bertz CT molecular complexity index is 753. The standard InChI is InChI=1S/C15H16ClFN2OS/c1-9-5-6-12(17)11-7-10(14(16)19-13(9)11)8-18-21(20)15(2,3)4/h5-8H,1-4H3/t21-/m1/s1. The van der Waals surface area contributed by atoms with Gasteiger partial charge in [-0.3, -0.25) is 0 Å². The van der Waals surface area contributed by atoms with Crippen LogP contribution in [0.2, 0.25) is 5.15 Å². The van der Waals surface area contributed by atoms with Gasteiger partial charge in [-0.2, -0.15) is 4.40 Å². The second kappa shape index (κ2) is 5.81. The third-order valence-electron chi connectivity index (χ3n) is 2.93. The predicted octanol–water partition coefficient (Wildman–Crippen LogP) is 4.22. The Balaban J connectivity index is 2.51. The highest BCUT2D eigenvalue weighted by atomic mass is 35.5. The summed E-state index contributed by atoms with van der Waals surface area (Å²) in [6.07, 6.45) is 1.39. The van der Waals surface area contributed by atoms with Crippen molar-refractivity contribution < 1.29 is 8.60 Å². The van der Waals surface area contributed by atoms with Crippen LogP contribution in [0.15, 0.2) is 22.6 Å². The zero-order chi connectivity index (χ0) is 15.8. The molecule has 6 heteroatoms. The highest BCUT2D eigenvalue weighted by Crippen LogP contribution is 2.24. The molecular weight excluding hydrogens is 311 g/mol. The first-order valence-electron chi connectivity index (χ1n) is 6.41. The molecule has 112 valence electrons. The number of hydrogen-bond acceptors (Lipinski definition) is 2. The Labute approximate surface area is 130 Å². The number of benzene rings is 1. The van der Waals surface area contributed by atoms with Gasteiger partial charge < -0.3 is 0 Å². The topological polar surface area (TPSA) is 42.3 Å². The first kappa shape index (κ1) is 16.0. The van der Waals surface area contributed by atoms with E-state index in [1.54, 1.807) is 12.1 Å². The van der Waals surface area contributed by atoms with Crippen LogP contribution in [0.25, 0.3) is 10.9 Å². The van der Waals surface area contributed by atoms with Crippen LogP contribution in [-0.4, -0.2) is 20.2 Å². The third kappa shape index (κ3) is 3.47. The second-order valence-electron chi connectivity index (χ2n) is 5.72. The first-order valence-corrected chi connectivity index (χ1v) is 7.90. The van der Waals surface area contributed by atoms with Crippen LogP contribution in [0.3, 0.4) is 0 Å². The fourth-order valence-electron chi connectivity index (χ4n) is 1.71. The summed E-state index contributed by atoms with van der Waals surface area (Å²) in [6, 6.07) is 4.63. The van der Waals surface area contributed by atoms with Crippen LogP contribution in [0.1, 0.15) is 31.9 Å². The van der Waals surface area contributed by atoms with Crippen LogP contribution >= 0.6 is 11.6 Å². The summed E-state index contributed by atoms with van der Waals surface area (Å²) in [5, 5.41) is 0.591. The smallest absolute Gasteiger partial charge is 0.144 e. The summed E-state index contributed by atoms with van der Waals surface area (Å²) in [6.45, 7) is 7.31. The van der Waals surface area contributed by atoms with E-state index in [1.165, 1.54) is 12.3 Å². The molecule has 0 spiro atoms. The average molecular weight is 327 g/mol. The lowest BCUT2D eigenvalue weighted by Crippen LogP contribution is -2.19. The highest BCUT2D eigenvalue weighted by molar-refractivity contribution is 7.85. The van der Waals surface area contributed by atoms with Crippen LogP contribution in [-0.2, 0) is 11.0 Å². The van der Waals surface area contributed by atoms with Gasteiger partial charge in [0.05, 0.1) is 10.3 Å². The minimum Gasteiger partial charge on any atom is -0.235 e.